The Morgan fingerprint density at radius 3 is 2.70 bits per heavy atom. The molecule has 2 rings (SSSR count). The minimum atomic E-state index is -4.19. The molecule has 0 spiro atoms. The number of anilines is 1. The van der Waals surface area contributed by atoms with Gasteiger partial charge < -0.3 is 10.6 Å². The summed E-state index contributed by atoms with van der Waals surface area (Å²) in [6, 6.07) is 4.73. The van der Waals surface area contributed by atoms with Gasteiger partial charge in [0.25, 0.3) is 0 Å². The molecule has 1 aromatic carbocycles. The first kappa shape index (κ1) is 15.0. The summed E-state index contributed by atoms with van der Waals surface area (Å²) in [7, 11) is 0. The Morgan fingerprint density at radius 1 is 1.40 bits per heavy atom. The third kappa shape index (κ3) is 3.17. The van der Waals surface area contributed by atoms with E-state index in [1.807, 2.05) is 0 Å². The number of amidine groups is 1. The van der Waals surface area contributed by atoms with Crippen LogP contribution in [0.15, 0.2) is 18.2 Å². The topological polar surface area (TPSA) is 53.1 Å². The fourth-order valence-corrected chi connectivity index (χ4v) is 2.63. The van der Waals surface area contributed by atoms with Gasteiger partial charge in [-0.25, -0.2) is 0 Å². The first-order valence-corrected chi connectivity index (χ1v) is 6.62. The van der Waals surface area contributed by atoms with Crippen molar-refractivity contribution in [2.45, 2.75) is 19.0 Å². The van der Waals surface area contributed by atoms with Crippen LogP contribution in [0.2, 0.25) is 5.02 Å². The largest absolute Gasteiger partial charge is 0.393 e. The Morgan fingerprint density at radius 2 is 2.10 bits per heavy atom. The van der Waals surface area contributed by atoms with E-state index < -0.39 is 12.1 Å². The van der Waals surface area contributed by atoms with Crippen LogP contribution in [0.3, 0.4) is 0 Å². The zero-order chi connectivity index (χ0) is 14.9. The summed E-state index contributed by atoms with van der Waals surface area (Å²) in [6.07, 6.45) is -3.59. The highest BCUT2D eigenvalue weighted by atomic mass is 35.5. The summed E-state index contributed by atoms with van der Waals surface area (Å²) in [5.41, 5.74) is 6.40. The van der Waals surface area contributed by atoms with Gasteiger partial charge in [0.1, 0.15) is 5.84 Å². The highest BCUT2D eigenvalue weighted by Gasteiger charge is 2.42. The minimum absolute atomic E-state index is 0.106. The molecule has 1 saturated heterocycles. The summed E-state index contributed by atoms with van der Waals surface area (Å²) in [5.74, 6) is -1.54. The van der Waals surface area contributed by atoms with Crippen LogP contribution in [0, 0.1) is 11.3 Å². The summed E-state index contributed by atoms with van der Waals surface area (Å²) in [4.78, 5) is 1.63. The molecule has 0 radical (unpaired) electrons. The molecule has 1 atom stereocenters. The van der Waals surface area contributed by atoms with Gasteiger partial charge in [0.05, 0.1) is 5.92 Å². The molecule has 0 saturated carbocycles. The van der Waals surface area contributed by atoms with E-state index in [9.17, 15) is 13.2 Å². The predicted molar refractivity (Wildman–Crippen MR) is 73.5 cm³/mol. The Kier molecular flexibility index (Phi) is 4.13. The van der Waals surface area contributed by atoms with E-state index in [2.05, 4.69) is 0 Å². The lowest BCUT2D eigenvalue weighted by Crippen LogP contribution is -2.42. The van der Waals surface area contributed by atoms with Crippen LogP contribution in [0.5, 0.6) is 0 Å². The second-order valence-corrected chi connectivity index (χ2v) is 5.34. The Bertz CT molecular complexity index is 516. The van der Waals surface area contributed by atoms with Crippen molar-refractivity contribution in [2.75, 3.05) is 18.0 Å². The number of nitrogens with two attached hydrogens (primary N) is 1. The average Bonchev–Trinajstić information content (AvgIpc) is 2.37. The molecule has 0 aromatic heterocycles. The third-order valence-electron chi connectivity index (χ3n) is 3.47. The predicted octanol–water partition coefficient (Wildman–Crippen LogP) is 3.40. The molecule has 110 valence electrons. The molecule has 0 amide bonds. The van der Waals surface area contributed by atoms with E-state index in [4.69, 9.17) is 22.7 Å². The van der Waals surface area contributed by atoms with E-state index in [1.54, 1.807) is 17.0 Å². The van der Waals surface area contributed by atoms with Crippen molar-refractivity contribution in [3.8, 4) is 0 Å². The molecule has 1 unspecified atom stereocenters. The average molecular weight is 306 g/mol. The Balaban J connectivity index is 2.29. The van der Waals surface area contributed by atoms with Crippen molar-refractivity contribution in [3.05, 3.63) is 28.8 Å². The fourth-order valence-electron chi connectivity index (χ4n) is 2.46. The standard InChI is InChI=1S/C13H15ClF3N3/c14-9-3-4-11(10(6-9)12(18)19)20-5-1-2-8(7-20)13(15,16)17/h3-4,6,8H,1-2,5,7H2,(H3,18,19). The monoisotopic (exact) mass is 305 g/mol. The van der Waals surface area contributed by atoms with Gasteiger partial charge in [-0.15, -0.1) is 0 Å². The van der Waals surface area contributed by atoms with Crippen LogP contribution < -0.4 is 10.6 Å². The number of benzene rings is 1. The lowest BCUT2D eigenvalue weighted by Gasteiger charge is -2.36. The summed E-state index contributed by atoms with van der Waals surface area (Å²) in [5, 5.41) is 7.94. The van der Waals surface area contributed by atoms with Crippen molar-refractivity contribution in [1.29, 1.82) is 5.41 Å². The highest BCUT2D eigenvalue weighted by molar-refractivity contribution is 6.31. The lowest BCUT2D eigenvalue weighted by molar-refractivity contribution is -0.175. The van der Waals surface area contributed by atoms with E-state index in [-0.39, 0.29) is 18.8 Å². The van der Waals surface area contributed by atoms with Crippen molar-refractivity contribution >= 4 is 23.1 Å². The zero-order valence-electron chi connectivity index (χ0n) is 10.7. The van der Waals surface area contributed by atoms with E-state index in [0.717, 1.165) is 0 Å². The molecule has 1 heterocycles. The van der Waals surface area contributed by atoms with Gasteiger partial charge in [0.2, 0.25) is 0 Å². The van der Waals surface area contributed by atoms with Crippen molar-refractivity contribution < 1.29 is 13.2 Å². The number of hydrogen-bond donors (Lipinski definition) is 2. The molecule has 1 aliphatic heterocycles. The second kappa shape index (κ2) is 5.52. The SMILES string of the molecule is N=C(N)c1cc(Cl)ccc1N1CCCC(C(F)(F)F)C1. The third-order valence-corrected chi connectivity index (χ3v) is 3.71. The van der Waals surface area contributed by atoms with Gasteiger partial charge in [-0.05, 0) is 31.0 Å². The summed E-state index contributed by atoms with van der Waals surface area (Å²) in [6.45, 7) is 0.417. The summed E-state index contributed by atoms with van der Waals surface area (Å²) >= 11 is 5.85. The quantitative estimate of drug-likeness (QED) is 0.650. The smallest absolute Gasteiger partial charge is 0.384 e. The summed E-state index contributed by atoms with van der Waals surface area (Å²) < 4.78 is 38.5. The minimum Gasteiger partial charge on any atom is -0.384 e. The molecule has 1 aromatic rings. The number of piperidine rings is 1. The zero-order valence-corrected chi connectivity index (χ0v) is 11.4. The maximum atomic E-state index is 12.8. The molecular weight excluding hydrogens is 291 g/mol. The van der Waals surface area contributed by atoms with Gasteiger partial charge in [-0.3, -0.25) is 5.41 Å². The van der Waals surface area contributed by atoms with Crippen LogP contribution in [-0.4, -0.2) is 25.1 Å². The van der Waals surface area contributed by atoms with Crippen LogP contribution in [0.4, 0.5) is 18.9 Å². The molecule has 7 heteroatoms. The molecule has 0 bridgehead atoms. The maximum Gasteiger partial charge on any atom is 0.393 e. The first-order valence-electron chi connectivity index (χ1n) is 6.24. The van der Waals surface area contributed by atoms with Crippen LogP contribution >= 0.6 is 11.6 Å². The first-order chi connectivity index (χ1) is 9.29. The van der Waals surface area contributed by atoms with Crippen molar-refractivity contribution in [3.63, 3.8) is 0 Å². The van der Waals surface area contributed by atoms with E-state index in [1.165, 1.54) is 6.07 Å². The number of hydrogen-bond acceptors (Lipinski definition) is 2. The van der Waals surface area contributed by atoms with E-state index in [0.29, 0.717) is 29.2 Å². The lowest BCUT2D eigenvalue weighted by atomic mass is 9.96. The number of nitrogens with zero attached hydrogens (tertiary/aromatic N) is 1. The number of alkyl halides is 3. The van der Waals surface area contributed by atoms with Crippen molar-refractivity contribution in [1.82, 2.24) is 0 Å². The van der Waals surface area contributed by atoms with Crippen LogP contribution in [0.1, 0.15) is 18.4 Å². The Hall–Kier alpha value is -1.43. The molecular formula is C13H15ClF3N3. The van der Waals surface area contributed by atoms with Crippen LogP contribution in [-0.2, 0) is 0 Å². The molecule has 0 aliphatic carbocycles. The maximum absolute atomic E-state index is 12.8. The highest BCUT2D eigenvalue weighted by Crippen LogP contribution is 2.36. The van der Waals surface area contributed by atoms with E-state index >= 15 is 0 Å². The number of halogens is 4. The molecule has 1 fully saturated rings. The van der Waals surface area contributed by atoms with Gasteiger partial charge in [0.15, 0.2) is 0 Å². The second-order valence-electron chi connectivity index (χ2n) is 4.90. The number of rotatable bonds is 2. The van der Waals surface area contributed by atoms with Gasteiger partial charge in [-0.1, -0.05) is 11.6 Å². The van der Waals surface area contributed by atoms with Gasteiger partial charge in [-0.2, -0.15) is 13.2 Å². The molecule has 1 aliphatic rings. The Labute approximate surface area is 120 Å². The normalized spacial score (nSPS) is 20.0. The van der Waals surface area contributed by atoms with Gasteiger partial charge in [0, 0.05) is 29.4 Å². The number of nitrogens with one attached hydrogen (secondary N) is 1. The molecule has 3 nitrogen and oxygen atoms in total. The van der Waals surface area contributed by atoms with Gasteiger partial charge >= 0.3 is 6.18 Å². The van der Waals surface area contributed by atoms with Crippen molar-refractivity contribution in [2.24, 2.45) is 11.7 Å². The molecule has 3 N–H and O–H groups in total. The molecule has 20 heavy (non-hydrogen) atoms. The fraction of sp³-hybridized carbons (Fsp3) is 0.462. The van der Waals surface area contributed by atoms with Crippen LogP contribution in [0.25, 0.3) is 0 Å². The number of nitrogen functional groups attached to an aromatic ring is 1.